The van der Waals surface area contributed by atoms with Gasteiger partial charge in [-0.05, 0) is 28.5 Å². The van der Waals surface area contributed by atoms with Crippen LogP contribution in [-0.4, -0.2) is 18.9 Å². The number of ether oxygens (including phenoxy) is 1. The number of aldehydes is 1. The maximum atomic E-state index is 10.4. The summed E-state index contributed by atoms with van der Waals surface area (Å²) in [7, 11) is 0. The Hall–Kier alpha value is -2.68. The zero-order valence-corrected chi connectivity index (χ0v) is 13.2. The summed E-state index contributed by atoms with van der Waals surface area (Å²) in [4.78, 5) is 20.1. The van der Waals surface area contributed by atoms with Gasteiger partial charge in [0.25, 0.3) is 0 Å². The van der Waals surface area contributed by atoms with Gasteiger partial charge in [0, 0.05) is 6.42 Å². The van der Waals surface area contributed by atoms with Crippen molar-refractivity contribution in [3.8, 4) is 0 Å². The van der Waals surface area contributed by atoms with Gasteiger partial charge in [0.15, 0.2) is 0 Å². The quantitative estimate of drug-likeness (QED) is 0.404. The molecule has 0 spiro atoms. The molecule has 0 aliphatic carbocycles. The molecule has 3 aromatic rings. The van der Waals surface area contributed by atoms with Crippen LogP contribution in [0.15, 0.2) is 60.7 Å². The van der Waals surface area contributed by atoms with Crippen molar-refractivity contribution in [3.05, 3.63) is 60.7 Å². The van der Waals surface area contributed by atoms with Gasteiger partial charge in [0.05, 0.1) is 13.0 Å². The third kappa shape index (κ3) is 4.65. The monoisotopic (exact) mass is 308 g/mol. The molecule has 0 saturated heterocycles. The average molecular weight is 308 g/mol. The van der Waals surface area contributed by atoms with Crippen LogP contribution >= 0.6 is 0 Å². The summed E-state index contributed by atoms with van der Waals surface area (Å²) < 4.78 is 4.55. The van der Waals surface area contributed by atoms with Crippen molar-refractivity contribution in [2.45, 2.75) is 19.8 Å². The average Bonchev–Trinajstić information content (AvgIpc) is 2.61. The molecule has 0 atom stereocenters. The summed E-state index contributed by atoms with van der Waals surface area (Å²) in [6.45, 7) is 2.12. The first kappa shape index (κ1) is 16.7. The Morgan fingerprint density at radius 2 is 1.43 bits per heavy atom. The molecule has 3 aromatic carbocycles. The van der Waals surface area contributed by atoms with E-state index in [2.05, 4.69) is 65.4 Å². The van der Waals surface area contributed by atoms with E-state index in [1.54, 1.807) is 6.92 Å². The van der Waals surface area contributed by atoms with E-state index < -0.39 is 0 Å². The predicted octanol–water partition coefficient (Wildman–Crippen LogP) is 4.52. The van der Waals surface area contributed by atoms with Crippen molar-refractivity contribution in [1.29, 1.82) is 0 Å². The molecule has 0 aliphatic rings. The lowest BCUT2D eigenvalue weighted by molar-refractivity contribution is -0.143. The molecule has 0 bridgehead atoms. The number of carbonyl (C=O) groups excluding carboxylic acids is 2. The van der Waals surface area contributed by atoms with Gasteiger partial charge in [0.1, 0.15) is 6.29 Å². The van der Waals surface area contributed by atoms with Crippen molar-refractivity contribution in [3.63, 3.8) is 0 Å². The van der Waals surface area contributed by atoms with Crippen molar-refractivity contribution < 1.29 is 14.3 Å². The number of hydrogen-bond donors (Lipinski definition) is 0. The summed E-state index contributed by atoms with van der Waals surface area (Å²) in [5, 5.41) is 5.30. The van der Waals surface area contributed by atoms with Gasteiger partial charge in [-0.2, -0.15) is 0 Å². The highest BCUT2D eigenvalue weighted by Crippen LogP contribution is 2.24. The number of esters is 1. The highest BCUT2D eigenvalue weighted by Gasteiger charge is 1.98. The number of hydrogen-bond acceptors (Lipinski definition) is 3. The van der Waals surface area contributed by atoms with Crippen molar-refractivity contribution in [1.82, 2.24) is 0 Å². The van der Waals surface area contributed by atoms with Gasteiger partial charge in [-0.15, -0.1) is 0 Å². The van der Waals surface area contributed by atoms with Crippen LogP contribution in [0.25, 0.3) is 21.5 Å². The minimum absolute atomic E-state index is 0.206. The van der Waals surface area contributed by atoms with Gasteiger partial charge < -0.3 is 9.53 Å². The van der Waals surface area contributed by atoms with E-state index >= 15 is 0 Å². The Kier molecular flexibility index (Phi) is 6.30. The van der Waals surface area contributed by atoms with E-state index in [-0.39, 0.29) is 18.8 Å². The molecular formula is C20H20O3. The highest BCUT2D eigenvalue weighted by atomic mass is 16.5. The van der Waals surface area contributed by atoms with E-state index in [0.717, 1.165) is 0 Å². The zero-order chi connectivity index (χ0) is 16.5. The highest BCUT2D eigenvalue weighted by molar-refractivity contribution is 6.07. The summed E-state index contributed by atoms with van der Waals surface area (Å²) >= 11 is 0. The molecule has 3 rings (SSSR count). The van der Waals surface area contributed by atoms with Gasteiger partial charge in [-0.1, -0.05) is 60.7 Å². The first-order valence-electron chi connectivity index (χ1n) is 7.72. The lowest BCUT2D eigenvalue weighted by Crippen LogP contribution is -2.03. The number of benzene rings is 3. The van der Waals surface area contributed by atoms with E-state index in [4.69, 9.17) is 0 Å². The Morgan fingerprint density at radius 3 is 1.91 bits per heavy atom. The van der Waals surface area contributed by atoms with Crippen LogP contribution in [0.5, 0.6) is 0 Å². The lowest BCUT2D eigenvalue weighted by Gasteiger charge is -2.02. The standard InChI is InChI=1S/C14H10.C6H10O3/c1-3-7-13-11(5-1)9-10-12-6-2-4-8-14(12)13;1-2-9-6(8)4-3-5-7/h1-10H;5H,2-4H2,1H3. The smallest absolute Gasteiger partial charge is 0.306 e. The zero-order valence-electron chi connectivity index (χ0n) is 13.2. The molecule has 0 radical (unpaired) electrons. The maximum Gasteiger partial charge on any atom is 0.306 e. The van der Waals surface area contributed by atoms with Crippen LogP contribution in [0, 0.1) is 0 Å². The SMILES string of the molecule is CCOC(=O)CCC=O.c1ccc2c(c1)ccc1ccccc12. The summed E-state index contributed by atoms with van der Waals surface area (Å²) in [5.41, 5.74) is 0. The lowest BCUT2D eigenvalue weighted by atomic mass is 10.0. The first-order chi connectivity index (χ1) is 11.3. The predicted molar refractivity (Wildman–Crippen MR) is 93.4 cm³/mol. The van der Waals surface area contributed by atoms with Crippen LogP contribution in [0.3, 0.4) is 0 Å². The van der Waals surface area contributed by atoms with E-state index in [1.165, 1.54) is 21.5 Å². The molecule has 0 unspecified atom stereocenters. The van der Waals surface area contributed by atoms with Gasteiger partial charge in [0.2, 0.25) is 0 Å². The molecular weight excluding hydrogens is 288 g/mol. The second-order valence-electron chi connectivity index (χ2n) is 5.02. The molecule has 0 fully saturated rings. The molecule has 0 N–H and O–H groups in total. The molecule has 0 saturated carbocycles. The van der Waals surface area contributed by atoms with E-state index in [0.29, 0.717) is 12.9 Å². The summed E-state index contributed by atoms with van der Waals surface area (Å²) in [6, 6.07) is 21.4. The van der Waals surface area contributed by atoms with Crippen molar-refractivity contribution >= 4 is 33.8 Å². The van der Waals surface area contributed by atoms with Crippen LogP contribution in [0.2, 0.25) is 0 Å². The fourth-order valence-electron chi connectivity index (χ4n) is 2.36. The third-order valence-corrected chi connectivity index (χ3v) is 3.43. The Morgan fingerprint density at radius 1 is 0.913 bits per heavy atom. The van der Waals surface area contributed by atoms with Crippen LogP contribution < -0.4 is 0 Å². The van der Waals surface area contributed by atoms with E-state index in [9.17, 15) is 9.59 Å². The number of fused-ring (bicyclic) bond motifs is 3. The molecule has 3 heteroatoms. The molecule has 3 nitrogen and oxygen atoms in total. The fraction of sp³-hybridized carbons (Fsp3) is 0.200. The minimum Gasteiger partial charge on any atom is -0.466 e. The van der Waals surface area contributed by atoms with Crippen molar-refractivity contribution in [2.24, 2.45) is 0 Å². The molecule has 0 amide bonds. The van der Waals surface area contributed by atoms with E-state index in [1.807, 2.05) is 0 Å². The van der Waals surface area contributed by atoms with Crippen LogP contribution in [-0.2, 0) is 14.3 Å². The van der Waals surface area contributed by atoms with Crippen molar-refractivity contribution in [2.75, 3.05) is 6.61 Å². The summed E-state index contributed by atoms with van der Waals surface area (Å²) in [5.74, 6) is -0.301. The second kappa shape index (κ2) is 8.69. The van der Waals surface area contributed by atoms with Crippen LogP contribution in [0.1, 0.15) is 19.8 Å². The van der Waals surface area contributed by atoms with Crippen LogP contribution in [0.4, 0.5) is 0 Å². The molecule has 0 aliphatic heterocycles. The minimum atomic E-state index is -0.301. The largest absolute Gasteiger partial charge is 0.466 e. The molecule has 23 heavy (non-hydrogen) atoms. The third-order valence-electron chi connectivity index (χ3n) is 3.43. The Labute approximate surface area is 135 Å². The topological polar surface area (TPSA) is 43.4 Å². The van der Waals surface area contributed by atoms with Gasteiger partial charge in [-0.25, -0.2) is 0 Å². The fourth-order valence-corrected chi connectivity index (χ4v) is 2.36. The summed E-state index contributed by atoms with van der Waals surface area (Å²) in [6.07, 6.45) is 1.17. The Bertz CT molecular complexity index is 738. The molecule has 0 heterocycles. The maximum absolute atomic E-state index is 10.4. The van der Waals surface area contributed by atoms with Gasteiger partial charge >= 0.3 is 5.97 Å². The number of carbonyl (C=O) groups is 2. The normalized spacial score (nSPS) is 9.96. The van der Waals surface area contributed by atoms with Gasteiger partial charge in [-0.3, -0.25) is 4.79 Å². The molecule has 118 valence electrons. The number of rotatable bonds is 4. The first-order valence-corrected chi connectivity index (χ1v) is 7.72. The molecule has 0 aromatic heterocycles. The second-order valence-corrected chi connectivity index (χ2v) is 5.02. The Balaban J connectivity index is 0.000000188.